The molecule has 1 aromatic rings. The number of rotatable bonds is 4. The smallest absolute Gasteiger partial charge is 0.481 e. The lowest BCUT2D eigenvalue weighted by atomic mass is 10.1. The van der Waals surface area contributed by atoms with Crippen LogP contribution in [-0.2, 0) is 11.2 Å². The zero-order chi connectivity index (χ0) is 14.8. The molecule has 0 aliphatic rings. The molecule has 1 rings (SSSR count). The predicted octanol–water partition coefficient (Wildman–Crippen LogP) is 2.85. The Kier molecular flexibility index (Phi) is 4.28. The Balaban J connectivity index is 3.24. The van der Waals surface area contributed by atoms with Crippen LogP contribution in [0.5, 0.6) is 5.88 Å². The molecule has 19 heavy (non-hydrogen) atoms. The maximum absolute atomic E-state index is 12.6. The van der Waals surface area contributed by atoms with Crippen molar-refractivity contribution in [2.45, 2.75) is 26.1 Å². The Morgan fingerprint density at radius 3 is 2.47 bits per heavy atom. The highest BCUT2D eigenvalue weighted by Gasteiger charge is 2.33. The second kappa shape index (κ2) is 5.37. The summed E-state index contributed by atoms with van der Waals surface area (Å²) in [7, 11) is 0. The Bertz CT molecular complexity index is 487. The molecule has 0 saturated heterocycles. The van der Waals surface area contributed by atoms with Gasteiger partial charge in [0.25, 0.3) is 6.43 Å². The number of hydrogen-bond donors (Lipinski definition) is 1. The SMILES string of the molecule is Cc1cc(CC(=O)O)c(C(F)F)nc1OC(F)(F)F. The highest BCUT2D eigenvalue weighted by atomic mass is 19.4. The number of carboxylic acid groups (broad SMARTS) is 1. The van der Waals surface area contributed by atoms with Gasteiger partial charge in [-0.25, -0.2) is 13.8 Å². The van der Waals surface area contributed by atoms with Crippen molar-refractivity contribution in [3.8, 4) is 5.88 Å². The zero-order valence-electron chi connectivity index (χ0n) is 9.46. The van der Waals surface area contributed by atoms with Crippen LogP contribution >= 0.6 is 0 Å². The van der Waals surface area contributed by atoms with Crippen LogP contribution in [0.4, 0.5) is 22.0 Å². The van der Waals surface area contributed by atoms with Crippen LogP contribution in [0, 0.1) is 6.92 Å². The number of halogens is 5. The molecule has 4 nitrogen and oxygen atoms in total. The number of aromatic nitrogens is 1. The minimum absolute atomic E-state index is 0.182. The minimum atomic E-state index is -5.06. The number of alkyl halides is 5. The van der Waals surface area contributed by atoms with Gasteiger partial charge in [0.15, 0.2) is 0 Å². The molecule has 0 unspecified atom stereocenters. The second-order valence-corrected chi connectivity index (χ2v) is 3.57. The van der Waals surface area contributed by atoms with E-state index in [2.05, 4.69) is 9.72 Å². The largest absolute Gasteiger partial charge is 0.574 e. The first-order valence-electron chi connectivity index (χ1n) is 4.86. The maximum atomic E-state index is 12.6. The maximum Gasteiger partial charge on any atom is 0.574 e. The molecule has 1 heterocycles. The first-order valence-corrected chi connectivity index (χ1v) is 4.86. The fourth-order valence-electron chi connectivity index (χ4n) is 1.37. The fraction of sp³-hybridized carbons (Fsp3) is 0.400. The third-order valence-electron chi connectivity index (χ3n) is 2.04. The molecule has 0 aliphatic heterocycles. The molecule has 0 radical (unpaired) electrons. The molecule has 1 N–H and O–H groups in total. The summed E-state index contributed by atoms with van der Waals surface area (Å²) in [5.41, 5.74) is -1.57. The standard InChI is InChI=1S/C10H8F5NO3/c1-4-2-5(3-6(17)18)7(8(11)12)16-9(4)19-10(13,14)15/h2,8H,3H2,1H3,(H,17,18). The summed E-state index contributed by atoms with van der Waals surface area (Å²) >= 11 is 0. The molecule has 0 fully saturated rings. The van der Waals surface area contributed by atoms with Crippen molar-refractivity contribution in [3.05, 3.63) is 22.9 Å². The second-order valence-electron chi connectivity index (χ2n) is 3.57. The summed E-state index contributed by atoms with van der Waals surface area (Å²) in [6.45, 7) is 1.15. The highest BCUT2D eigenvalue weighted by molar-refractivity contribution is 5.70. The molecular formula is C10H8F5NO3. The van der Waals surface area contributed by atoms with Crippen LogP contribution < -0.4 is 4.74 Å². The van der Waals surface area contributed by atoms with Crippen molar-refractivity contribution in [3.63, 3.8) is 0 Å². The minimum Gasteiger partial charge on any atom is -0.481 e. The van der Waals surface area contributed by atoms with Gasteiger partial charge >= 0.3 is 12.3 Å². The molecule has 0 amide bonds. The van der Waals surface area contributed by atoms with Gasteiger partial charge in [0.05, 0.1) is 6.42 Å². The third kappa shape index (κ3) is 4.34. The van der Waals surface area contributed by atoms with Gasteiger partial charge in [-0.1, -0.05) is 0 Å². The molecule has 0 aliphatic carbocycles. The third-order valence-corrected chi connectivity index (χ3v) is 2.04. The van der Waals surface area contributed by atoms with Crippen molar-refractivity contribution < 1.29 is 36.6 Å². The molecule has 9 heteroatoms. The monoisotopic (exact) mass is 285 g/mol. The summed E-state index contributed by atoms with van der Waals surface area (Å²) in [5, 5.41) is 8.54. The molecule has 0 spiro atoms. The Morgan fingerprint density at radius 2 is 2.05 bits per heavy atom. The summed E-state index contributed by atoms with van der Waals surface area (Å²) in [4.78, 5) is 13.5. The molecular weight excluding hydrogens is 277 g/mol. The van der Waals surface area contributed by atoms with E-state index in [1.165, 1.54) is 0 Å². The first-order chi connectivity index (χ1) is 8.60. The van der Waals surface area contributed by atoms with Crippen LogP contribution in [0.2, 0.25) is 0 Å². The summed E-state index contributed by atoms with van der Waals surface area (Å²) < 4.78 is 64.8. The number of nitrogens with zero attached hydrogens (tertiary/aromatic N) is 1. The lowest BCUT2D eigenvalue weighted by Gasteiger charge is -2.14. The van der Waals surface area contributed by atoms with E-state index in [-0.39, 0.29) is 11.1 Å². The van der Waals surface area contributed by atoms with E-state index >= 15 is 0 Å². The molecule has 0 saturated carbocycles. The van der Waals surface area contributed by atoms with E-state index in [0.717, 1.165) is 13.0 Å². The van der Waals surface area contributed by atoms with E-state index in [1.54, 1.807) is 0 Å². The van der Waals surface area contributed by atoms with Gasteiger partial charge in [-0.2, -0.15) is 0 Å². The summed E-state index contributed by atoms with van der Waals surface area (Å²) in [6, 6.07) is 0.893. The number of ether oxygens (including phenoxy) is 1. The van der Waals surface area contributed by atoms with E-state index in [0.29, 0.717) is 0 Å². The van der Waals surface area contributed by atoms with Crippen molar-refractivity contribution >= 4 is 5.97 Å². The summed E-state index contributed by atoms with van der Waals surface area (Å²) in [6.07, 6.45) is -9.03. The van der Waals surface area contributed by atoms with Gasteiger partial charge in [0.2, 0.25) is 5.88 Å². The van der Waals surface area contributed by atoms with Crippen LogP contribution in [0.1, 0.15) is 23.2 Å². The number of aryl methyl sites for hydroxylation is 1. The van der Waals surface area contributed by atoms with E-state index in [9.17, 15) is 26.7 Å². The Hall–Kier alpha value is -1.93. The molecule has 0 atom stereocenters. The zero-order valence-corrected chi connectivity index (χ0v) is 9.46. The first kappa shape index (κ1) is 15.1. The van der Waals surface area contributed by atoms with Gasteiger partial charge in [0.1, 0.15) is 5.69 Å². The normalized spacial score (nSPS) is 11.7. The van der Waals surface area contributed by atoms with E-state index < -0.39 is 36.8 Å². The molecule has 1 aromatic heterocycles. The summed E-state index contributed by atoms with van der Waals surface area (Å²) in [5.74, 6) is -2.41. The van der Waals surface area contributed by atoms with Gasteiger partial charge in [-0.15, -0.1) is 13.2 Å². The lowest BCUT2D eigenvalue weighted by Crippen LogP contribution is -2.19. The molecule has 106 valence electrons. The molecule has 0 aromatic carbocycles. The number of pyridine rings is 1. The Labute approximate surface area is 103 Å². The topological polar surface area (TPSA) is 59.4 Å². The predicted molar refractivity (Wildman–Crippen MR) is 52.0 cm³/mol. The van der Waals surface area contributed by atoms with Crippen LogP contribution in [0.25, 0.3) is 0 Å². The van der Waals surface area contributed by atoms with Crippen LogP contribution in [0.3, 0.4) is 0 Å². The van der Waals surface area contributed by atoms with Crippen molar-refractivity contribution in [2.75, 3.05) is 0 Å². The van der Waals surface area contributed by atoms with Crippen molar-refractivity contribution in [1.29, 1.82) is 0 Å². The average Bonchev–Trinajstić information content (AvgIpc) is 2.18. The van der Waals surface area contributed by atoms with Crippen LogP contribution in [0.15, 0.2) is 6.07 Å². The average molecular weight is 285 g/mol. The van der Waals surface area contributed by atoms with Gasteiger partial charge < -0.3 is 9.84 Å². The number of hydrogen-bond acceptors (Lipinski definition) is 3. The lowest BCUT2D eigenvalue weighted by molar-refractivity contribution is -0.276. The highest BCUT2D eigenvalue weighted by Crippen LogP contribution is 2.30. The van der Waals surface area contributed by atoms with Gasteiger partial charge in [0, 0.05) is 5.56 Å². The van der Waals surface area contributed by atoms with Crippen molar-refractivity contribution in [1.82, 2.24) is 4.98 Å². The number of carbonyl (C=O) groups is 1. The van der Waals surface area contributed by atoms with Crippen molar-refractivity contribution in [2.24, 2.45) is 0 Å². The van der Waals surface area contributed by atoms with Gasteiger partial charge in [-0.05, 0) is 18.6 Å². The van der Waals surface area contributed by atoms with E-state index in [1.807, 2.05) is 0 Å². The fourth-order valence-corrected chi connectivity index (χ4v) is 1.37. The molecule has 0 bridgehead atoms. The van der Waals surface area contributed by atoms with Gasteiger partial charge in [-0.3, -0.25) is 4.79 Å². The number of carboxylic acids is 1. The van der Waals surface area contributed by atoms with Crippen LogP contribution in [-0.4, -0.2) is 22.4 Å². The van der Waals surface area contributed by atoms with E-state index in [4.69, 9.17) is 5.11 Å². The Morgan fingerprint density at radius 1 is 1.47 bits per heavy atom. The number of aliphatic carboxylic acids is 1. The quantitative estimate of drug-likeness (QED) is 0.864.